The number of nitrogens with one attached hydrogen (secondary N) is 1. The lowest BCUT2D eigenvalue weighted by Gasteiger charge is -2.24. The fraction of sp³-hybridized carbons (Fsp3) is 0.500. The molecule has 0 aliphatic heterocycles. The first kappa shape index (κ1) is 24.6. The first-order chi connectivity index (χ1) is 14.8. The summed E-state index contributed by atoms with van der Waals surface area (Å²) in [7, 11) is 1.62. The minimum atomic E-state index is -0.473. The van der Waals surface area contributed by atoms with Crippen molar-refractivity contribution in [3.8, 4) is 17.2 Å². The summed E-state index contributed by atoms with van der Waals surface area (Å²) in [5, 5.41) is 3.05. The van der Waals surface area contributed by atoms with Crippen LogP contribution in [0.5, 0.6) is 17.2 Å². The highest BCUT2D eigenvalue weighted by Gasteiger charge is 2.27. The SMILES string of the molecule is CCCOc1ccc(CNC(=O)C(C)(C)CCCOc2cc(C)ccc2C)cc1OC. The largest absolute Gasteiger partial charge is 0.493 e. The molecule has 0 spiro atoms. The van der Waals surface area contributed by atoms with Crippen LogP contribution in [-0.4, -0.2) is 26.2 Å². The van der Waals surface area contributed by atoms with E-state index in [9.17, 15) is 4.79 Å². The van der Waals surface area contributed by atoms with Gasteiger partial charge in [-0.3, -0.25) is 4.79 Å². The van der Waals surface area contributed by atoms with E-state index < -0.39 is 5.41 Å². The number of aryl methyl sites for hydroxylation is 2. The van der Waals surface area contributed by atoms with Crippen molar-refractivity contribution in [3.63, 3.8) is 0 Å². The van der Waals surface area contributed by atoms with Crippen molar-refractivity contribution in [2.24, 2.45) is 5.41 Å². The molecule has 1 N–H and O–H groups in total. The molecule has 2 aromatic rings. The standard InChI is InChI=1S/C26H37NO4/c1-7-14-30-22-12-11-21(17-24(22)29-6)18-27-25(28)26(4,5)13-8-15-31-23-16-19(2)9-10-20(23)3/h9-12,16-17H,7-8,13-15,18H2,1-6H3,(H,27,28). The van der Waals surface area contributed by atoms with Gasteiger partial charge in [-0.25, -0.2) is 0 Å². The highest BCUT2D eigenvalue weighted by molar-refractivity contribution is 5.81. The second kappa shape index (κ2) is 11.6. The average molecular weight is 428 g/mol. The minimum Gasteiger partial charge on any atom is -0.493 e. The summed E-state index contributed by atoms with van der Waals surface area (Å²) in [6.45, 7) is 11.8. The van der Waals surface area contributed by atoms with Gasteiger partial charge in [-0.1, -0.05) is 39.0 Å². The van der Waals surface area contributed by atoms with Gasteiger partial charge in [0.15, 0.2) is 11.5 Å². The van der Waals surface area contributed by atoms with E-state index in [1.807, 2.05) is 39.0 Å². The number of benzene rings is 2. The number of amides is 1. The van der Waals surface area contributed by atoms with Gasteiger partial charge < -0.3 is 19.5 Å². The first-order valence-electron chi connectivity index (χ1n) is 11.0. The monoisotopic (exact) mass is 427 g/mol. The molecule has 0 aliphatic rings. The van der Waals surface area contributed by atoms with E-state index in [2.05, 4.69) is 37.4 Å². The van der Waals surface area contributed by atoms with Gasteiger partial charge in [-0.2, -0.15) is 0 Å². The van der Waals surface area contributed by atoms with Gasteiger partial charge in [0, 0.05) is 12.0 Å². The van der Waals surface area contributed by atoms with Crippen LogP contribution in [0.4, 0.5) is 0 Å². The maximum Gasteiger partial charge on any atom is 0.225 e. The summed E-state index contributed by atoms with van der Waals surface area (Å²) in [6.07, 6.45) is 2.49. The van der Waals surface area contributed by atoms with Crippen LogP contribution in [0.3, 0.4) is 0 Å². The average Bonchev–Trinajstić information content (AvgIpc) is 2.75. The molecule has 0 unspecified atom stereocenters. The van der Waals surface area contributed by atoms with E-state index in [4.69, 9.17) is 14.2 Å². The highest BCUT2D eigenvalue weighted by atomic mass is 16.5. The van der Waals surface area contributed by atoms with Crippen molar-refractivity contribution in [3.05, 3.63) is 53.1 Å². The van der Waals surface area contributed by atoms with Gasteiger partial charge in [-0.05, 0) is 68.0 Å². The zero-order valence-electron chi connectivity index (χ0n) is 19.8. The van der Waals surface area contributed by atoms with E-state index in [1.54, 1.807) is 7.11 Å². The Balaban J connectivity index is 1.83. The molecule has 0 radical (unpaired) electrons. The second-order valence-electron chi connectivity index (χ2n) is 8.62. The predicted molar refractivity (Wildman–Crippen MR) is 125 cm³/mol. The summed E-state index contributed by atoms with van der Waals surface area (Å²) in [4.78, 5) is 12.8. The summed E-state index contributed by atoms with van der Waals surface area (Å²) < 4.78 is 17.0. The van der Waals surface area contributed by atoms with Crippen LogP contribution in [0.2, 0.25) is 0 Å². The summed E-state index contributed by atoms with van der Waals surface area (Å²) in [5.41, 5.74) is 2.81. The van der Waals surface area contributed by atoms with Gasteiger partial charge in [0.05, 0.1) is 20.3 Å². The number of rotatable bonds is 12. The predicted octanol–water partition coefficient (Wildman–Crippen LogP) is 5.60. The van der Waals surface area contributed by atoms with E-state index in [0.29, 0.717) is 25.5 Å². The van der Waals surface area contributed by atoms with Crippen LogP contribution < -0.4 is 19.5 Å². The molecule has 0 atom stereocenters. The molecule has 2 rings (SSSR count). The maximum absolute atomic E-state index is 12.8. The van der Waals surface area contributed by atoms with Crippen LogP contribution >= 0.6 is 0 Å². The van der Waals surface area contributed by atoms with Gasteiger partial charge in [0.25, 0.3) is 0 Å². The molecular weight excluding hydrogens is 390 g/mol. The minimum absolute atomic E-state index is 0.0320. The smallest absolute Gasteiger partial charge is 0.225 e. The summed E-state index contributed by atoms with van der Waals surface area (Å²) >= 11 is 0. The fourth-order valence-corrected chi connectivity index (χ4v) is 3.25. The molecule has 1 amide bonds. The van der Waals surface area contributed by atoms with Crippen LogP contribution in [0, 0.1) is 19.3 Å². The molecule has 0 aliphatic carbocycles. The molecule has 2 aromatic carbocycles. The van der Waals surface area contributed by atoms with Crippen molar-refractivity contribution in [2.75, 3.05) is 20.3 Å². The lowest BCUT2D eigenvalue weighted by atomic mass is 9.87. The number of carbonyl (C=O) groups excluding carboxylic acids is 1. The number of hydrogen-bond donors (Lipinski definition) is 1. The fourth-order valence-electron chi connectivity index (χ4n) is 3.25. The quantitative estimate of drug-likeness (QED) is 0.448. The van der Waals surface area contributed by atoms with Crippen molar-refractivity contribution < 1.29 is 19.0 Å². The normalized spacial score (nSPS) is 11.2. The topological polar surface area (TPSA) is 56.8 Å². The third-order valence-corrected chi connectivity index (χ3v) is 5.30. The zero-order chi connectivity index (χ0) is 22.9. The Hall–Kier alpha value is -2.69. The number of methoxy groups -OCH3 is 1. The molecule has 5 nitrogen and oxygen atoms in total. The molecule has 170 valence electrons. The number of ether oxygens (including phenoxy) is 3. The lowest BCUT2D eigenvalue weighted by Crippen LogP contribution is -2.36. The Labute approximate surface area is 187 Å². The highest BCUT2D eigenvalue weighted by Crippen LogP contribution is 2.29. The molecular formula is C26H37NO4. The van der Waals surface area contributed by atoms with E-state index in [0.717, 1.165) is 41.9 Å². The third-order valence-electron chi connectivity index (χ3n) is 5.30. The van der Waals surface area contributed by atoms with Crippen LogP contribution in [0.25, 0.3) is 0 Å². The Morgan fingerprint density at radius 3 is 2.42 bits per heavy atom. The number of carbonyl (C=O) groups is 1. The van der Waals surface area contributed by atoms with Gasteiger partial charge in [0.2, 0.25) is 5.91 Å². The van der Waals surface area contributed by atoms with E-state index in [-0.39, 0.29) is 5.91 Å². The van der Waals surface area contributed by atoms with E-state index in [1.165, 1.54) is 5.56 Å². The van der Waals surface area contributed by atoms with Gasteiger partial charge in [0.1, 0.15) is 5.75 Å². The van der Waals surface area contributed by atoms with Crippen molar-refractivity contribution in [1.82, 2.24) is 5.32 Å². The molecule has 5 heteroatoms. The summed E-state index contributed by atoms with van der Waals surface area (Å²) in [6, 6.07) is 12.0. The lowest BCUT2D eigenvalue weighted by molar-refractivity contribution is -0.130. The Morgan fingerprint density at radius 2 is 1.71 bits per heavy atom. The van der Waals surface area contributed by atoms with Crippen LogP contribution in [-0.2, 0) is 11.3 Å². The Bertz CT molecular complexity index is 860. The first-order valence-corrected chi connectivity index (χ1v) is 11.0. The second-order valence-corrected chi connectivity index (χ2v) is 8.62. The van der Waals surface area contributed by atoms with Gasteiger partial charge >= 0.3 is 0 Å². The van der Waals surface area contributed by atoms with Crippen LogP contribution in [0.15, 0.2) is 36.4 Å². The molecule has 0 heterocycles. The molecule has 0 bridgehead atoms. The molecule has 0 aromatic heterocycles. The van der Waals surface area contributed by atoms with Crippen molar-refractivity contribution in [2.45, 2.75) is 60.4 Å². The zero-order valence-corrected chi connectivity index (χ0v) is 19.8. The maximum atomic E-state index is 12.8. The number of hydrogen-bond acceptors (Lipinski definition) is 4. The van der Waals surface area contributed by atoms with Gasteiger partial charge in [-0.15, -0.1) is 0 Å². The Morgan fingerprint density at radius 1 is 0.968 bits per heavy atom. The van der Waals surface area contributed by atoms with Crippen molar-refractivity contribution >= 4 is 5.91 Å². The van der Waals surface area contributed by atoms with Crippen LogP contribution in [0.1, 0.15) is 56.7 Å². The molecule has 0 saturated carbocycles. The molecule has 31 heavy (non-hydrogen) atoms. The molecule has 0 fully saturated rings. The Kier molecular flexibility index (Phi) is 9.22. The third kappa shape index (κ3) is 7.50. The summed E-state index contributed by atoms with van der Waals surface area (Å²) in [5.74, 6) is 2.36. The van der Waals surface area contributed by atoms with E-state index >= 15 is 0 Å². The molecule has 0 saturated heterocycles. The van der Waals surface area contributed by atoms with Crippen molar-refractivity contribution in [1.29, 1.82) is 0 Å².